The summed E-state index contributed by atoms with van der Waals surface area (Å²) >= 11 is 0. The molecule has 0 aromatic rings. The zero-order valence-electron chi connectivity index (χ0n) is 11.3. The van der Waals surface area contributed by atoms with Gasteiger partial charge in [0, 0.05) is 39.3 Å². The zero-order valence-corrected chi connectivity index (χ0v) is 11.3. The van der Waals surface area contributed by atoms with E-state index in [0.717, 1.165) is 19.6 Å². The summed E-state index contributed by atoms with van der Waals surface area (Å²) in [6.07, 6.45) is 0. The van der Waals surface area contributed by atoms with E-state index in [4.69, 9.17) is 5.11 Å². The largest absolute Gasteiger partial charge is 0.395 e. The molecule has 0 aromatic heterocycles. The van der Waals surface area contributed by atoms with Crippen LogP contribution >= 0.6 is 0 Å². The Labute approximate surface area is 108 Å². The third-order valence-corrected chi connectivity index (χ3v) is 3.33. The van der Waals surface area contributed by atoms with Crippen LogP contribution in [-0.2, 0) is 9.59 Å². The third kappa shape index (κ3) is 3.68. The van der Waals surface area contributed by atoms with E-state index in [1.807, 2.05) is 0 Å². The summed E-state index contributed by atoms with van der Waals surface area (Å²) in [5, 5.41) is 8.85. The van der Waals surface area contributed by atoms with Crippen molar-refractivity contribution >= 4 is 11.8 Å². The molecule has 1 rings (SSSR count). The molecule has 1 aliphatic rings. The molecule has 1 heterocycles. The number of hydrogen-bond acceptors (Lipinski definition) is 4. The van der Waals surface area contributed by atoms with E-state index in [9.17, 15) is 9.59 Å². The number of nitrogens with zero attached hydrogens (tertiary/aromatic N) is 3. The van der Waals surface area contributed by atoms with Crippen molar-refractivity contribution in [1.29, 1.82) is 0 Å². The lowest BCUT2D eigenvalue weighted by atomic mass is 10.3. The lowest BCUT2D eigenvalue weighted by Gasteiger charge is -2.34. The van der Waals surface area contributed by atoms with Crippen LogP contribution in [0.25, 0.3) is 0 Å². The van der Waals surface area contributed by atoms with E-state index in [1.54, 1.807) is 11.8 Å². The smallest absolute Gasteiger partial charge is 0.312 e. The quantitative estimate of drug-likeness (QED) is 0.656. The van der Waals surface area contributed by atoms with Gasteiger partial charge in [0.25, 0.3) is 0 Å². The van der Waals surface area contributed by atoms with Gasteiger partial charge in [0.15, 0.2) is 0 Å². The van der Waals surface area contributed by atoms with E-state index < -0.39 is 11.8 Å². The van der Waals surface area contributed by atoms with Crippen LogP contribution in [0.4, 0.5) is 0 Å². The molecule has 1 fully saturated rings. The first-order chi connectivity index (χ1) is 8.63. The number of piperazine rings is 1. The first kappa shape index (κ1) is 14.9. The molecule has 0 aromatic carbocycles. The number of amides is 2. The average molecular weight is 257 g/mol. The van der Waals surface area contributed by atoms with Crippen LogP contribution in [-0.4, -0.2) is 84.0 Å². The maximum atomic E-state index is 12.0. The highest BCUT2D eigenvalue weighted by Crippen LogP contribution is 2.03. The van der Waals surface area contributed by atoms with Crippen molar-refractivity contribution in [2.24, 2.45) is 0 Å². The molecule has 6 heteroatoms. The van der Waals surface area contributed by atoms with Gasteiger partial charge in [-0.25, -0.2) is 0 Å². The molecule has 104 valence electrons. The second-order valence-electron chi connectivity index (χ2n) is 4.33. The summed E-state index contributed by atoms with van der Waals surface area (Å²) in [5.74, 6) is -0.947. The van der Waals surface area contributed by atoms with Gasteiger partial charge in [-0.05, 0) is 13.5 Å². The maximum absolute atomic E-state index is 12.0. The van der Waals surface area contributed by atoms with Gasteiger partial charge in [0.1, 0.15) is 0 Å². The third-order valence-electron chi connectivity index (χ3n) is 3.33. The SMILES string of the molecule is CCN1CCN(C(=O)C(=O)N(CC)CCO)CC1. The minimum absolute atomic E-state index is 0.115. The summed E-state index contributed by atoms with van der Waals surface area (Å²) in [6.45, 7) is 8.26. The fraction of sp³-hybridized carbons (Fsp3) is 0.833. The van der Waals surface area contributed by atoms with Crippen LogP contribution in [0, 0.1) is 0 Å². The van der Waals surface area contributed by atoms with Gasteiger partial charge in [-0.3, -0.25) is 9.59 Å². The molecule has 1 N–H and O–H groups in total. The van der Waals surface area contributed by atoms with Crippen LogP contribution in [0.5, 0.6) is 0 Å². The summed E-state index contributed by atoms with van der Waals surface area (Å²) in [5.41, 5.74) is 0. The molecule has 0 atom stereocenters. The van der Waals surface area contributed by atoms with Crippen molar-refractivity contribution in [3.8, 4) is 0 Å². The van der Waals surface area contributed by atoms with E-state index in [-0.39, 0.29) is 13.2 Å². The number of hydrogen-bond donors (Lipinski definition) is 1. The summed E-state index contributed by atoms with van der Waals surface area (Å²) in [4.78, 5) is 29.2. The maximum Gasteiger partial charge on any atom is 0.312 e. The zero-order chi connectivity index (χ0) is 13.5. The van der Waals surface area contributed by atoms with E-state index in [2.05, 4.69) is 11.8 Å². The van der Waals surface area contributed by atoms with Gasteiger partial charge in [-0.1, -0.05) is 6.92 Å². The Hall–Kier alpha value is -1.14. The highest BCUT2D eigenvalue weighted by Gasteiger charge is 2.28. The molecule has 0 bridgehead atoms. The molecule has 0 radical (unpaired) electrons. The van der Waals surface area contributed by atoms with Crippen LogP contribution in [0.2, 0.25) is 0 Å². The Kier molecular flexibility index (Phi) is 6.07. The molecule has 6 nitrogen and oxygen atoms in total. The average Bonchev–Trinajstić information content (AvgIpc) is 2.43. The Morgan fingerprint density at radius 1 is 1.17 bits per heavy atom. The van der Waals surface area contributed by atoms with Gasteiger partial charge >= 0.3 is 11.8 Å². The lowest BCUT2D eigenvalue weighted by Crippen LogP contribution is -2.53. The van der Waals surface area contributed by atoms with Crippen molar-refractivity contribution in [2.75, 3.05) is 52.4 Å². The van der Waals surface area contributed by atoms with Crippen LogP contribution in [0.3, 0.4) is 0 Å². The van der Waals surface area contributed by atoms with E-state index in [0.29, 0.717) is 19.6 Å². The first-order valence-electron chi connectivity index (χ1n) is 6.55. The molecule has 2 amide bonds. The van der Waals surface area contributed by atoms with Crippen molar-refractivity contribution < 1.29 is 14.7 Å². The van der Waals surface area contributed by atoms with Crippen molar-refractivity contribution in [1.82, 2.24) is 14.7 Å². The highest BCUT2D eigenvalue weighted by molar-refractivity contribution is 6.34. The minimum atomic E-state index is -0.503. The lowest BCUT2D eigenvalue weighted by molar-refractivity contribution is -0.153. The second kappa shape index (κ2) is 7.33. The van der Waals surface area contributed by atoms with Crippen LogP contribution < -0.4 is 0 Å². The number of aliphatic hydroxyl groups is 1. The fourth-order valence-corrected chi connectivity index (χ4v) is 2.06. The van der Waals surface area contributed by atoms with Gasteiger partial charge in [0.2, 0.25) is 0 Å². The number of likely N-dealkylation sites (N-methyl/N-ethyl adjacent to an activating group) is 2. The molecular weight excluding hydrogens is 234 g/mol. The predicted octanol–water partition coefficient (Wildman–Crippen LogP) is -1.01. The Bertz CT molecular complexity index is 288. The molecule has 0 saturated carbocycles. The molecule has 0 spiro atoms. The van der Waals surface area contributed by atoms with Gasteiger partial charge < -0.3 is 19.8 Å². The fourth-order valence-electron chi connectivity index (χ4n) is 2.06. The molecule has 0 aliphatic carbocycles. The summed E-state index contributed by atoms with van der Waals surface area (Å²) < 4.78 is 0. The van der Waals surface area contributed by atoms with E-state index in [1.165, 1.54) is 4.90 Å². The second-order valence-corrected chi connectivity index (χ2v) is 4.33. The van der Waals surface area contributed by atoms with Crippen molar-refractivity contribution in [3.05, 3.63) is 0 Å². The van der Waals surface area contributed by atoms with Gasteiger partial charge in [-0.15, -0.1) is 0 Å². The first-order valence-corrected chi connectivity index (χ1v) is 6.55. The molecule has 0 unspecified atom stereocenters. The molecule has 1 saturated heterocycles. The molecule has 1 aliphatic heterocycles. The van der Waals surface area contributed by atoms with Gasteiger partial charge in [-0.2, -0.15) is 0 Å². The van der Waals surface area contributed by atoms with E-state index >= 15 is 0 Å². The van der Waals surface area contributed by atoms with Gasteiger partial charge in [0.05, 0.1) is 6.61 Å². The Morgan fingerprint density at radius 3 is 2.22 bits per heavy atom. The summed E-state index contributed by atoms with van der Waals surface area (Å²) in [6, 6.07) is 0. The summed E-state index contributed by atoms with van der Waals surface area (Å²) in [7, 11) is 0. The Morgan fingerprint density at radius 2 is 1.78 bits per heavy atom. The minimum Gasteiger partial charge on any atom is -0.395 e. The number of aliphatic hydroxyl groups excluding tert-OH is 1. The normalized spacial score (nSPS) is 16.7. The Balaban J connectivity index is 2.51. The number of rotatable bonds is 4. The molecular formula is C12H23N3O3. The predicted molar refractivity (Wildman–Crippen MR) is 68.0 cm³/mol. The monoisotopic (exact) mass is 257 g/mol. The van der Waals surface area contributed by atoms with Crippen molar-refractivity contribution in [2.45, 2.75) is 13.8 Å². The number of carbonyl (C=O) groups is 2. The number of carbonyl (C=O) groups excluding carboxylic acids is 2. The van der Waals surface area contributed by atoms with Crippen molar-refractivity contribution in [3.63, 3.8) is 0 Å². The van der Waals surface area contributed by atoms with Crippen LogP contribution in [0.15, 0.2) is 0 Å². The molecule has 18 heavy (non-hydrogen) atoms. The highest BCUT2D eigenvalue weighted by atomic mass is 16.3. The topological polar surface area (TPSA) is 64.1 Å². The standard InChI is InChI=1S/C12H23N3O3/c1-3-13-5-7-15(8-6-13)12(18)11(17)14(4-2)9-10-16/h16H,3-10H2,1-2H3. The van der Waals surface area contributed by atoms with Crippen LogP contribution in [0.1, 0.15) is 13.8 Å².